The van der Waals surface area contributed by atoms with Crippen molar-refractivity contribution in [3.8, 4) is 5.75 Å². The topological polar surface area (TPSA) is 67.4 Å². The van der Waals surface area contributed by atoms with Gasteiger partial charge in [0.25, 0.3) is 0 Å². The molecule has 0 amide bonds. The normalized spacial score (nSPS) is 24.1. The summed E-state index contributed by atoms with van der Waals surface area (Å²) in [5, 5.41) is 6.83. The molecule has 1 aromatic carbocycles. The number of hydrogen-bond donors (Lipinski definition) is 2. The Morgan fingerprint density at radius 1 is 1.22 bits per heavy atom. The Hall–Kier alpha value is -1.10. The Labute approximate surface area is 210 Å². The van der Waals surface area contributed by atoms with Gasteiger partial charge in [0.2, 0.25) is 0 Å². The van der Waals surface area contributed by atoms with Crippen LogP contribution in [0.4, 0.5) is 0 Å². The Kier molecular flexibility index (Phi) is 12.1. The van der Waals surface area contributed by atoms with E-state index in [9.17, 15) is 0 Å². The molecule has 7 nitrogen and oxygen atoms in total. The van der Waals surface area contributed by atoms with Crippen LogP contribution in [0.25, 0.3) is 0 Å². The van der Waals surface area contributed by atoms with Gasteiger partial charge in [-0.05, 0) is 45.7 Å². The number of guanidine groups is 1. The van der Waals surface area contributed by atoms with E-state index >= 15 is 0 Å². The molecule has 0 bridgehead atoms. The number of nitrogens with one attached hydrogen (secondary N) is 2. The van der Waals surface area contributed by atoms with E-state index in [4.69, 9.17) is 19.2 Å². The van der Waals surface area contributed by atoms with Crippen molar-refractivity contribution in [2.45, 2.75) is 65.4 Å². The van der Waals surface area contributed by atoms with E-state index in [-0.39, 0.29) is 30.1 Å². The van der Waals surface area contributed by atoms with Crippen molar-refractivity contribution in [3.63, 3.8) is 0 Å². The van der Waals surface area contributed by atoms with Crippen molar-refractivity contribution in [1.29, 1.82) is 0 Å². The molecule has 2 saturated heterocycles. The fourth-order valence-corrected chi connectivity index (χ4v) is 4.17. The zero-order valence-corrected chi connectivity index (χ0v) is 22.4. The second kappa shape index (κ2) is 14.2. The molecular formula is C24H41IN4O3. The fraction of sp³-hybridized carbons (Fsp3) is 0.708. The summed E-state index contributed by atoms with van der Waals surface area (Å²) in [6, 6.07) is 6.34. The van der Waals surface area contributed by atoms with Crippen LogP contribution >= 0.6 is 24.0 Å². The second-order valence-corrected chi connectivity index (χ2v) is 8.71. The zero-order chi connectivity index (χ0) is 22.1. The molecule has 2 aliphatic heterocycles. The SMILES string of the molecule is CCNC(=NCc1ccc(C)cc1OC1CCOC1)NCCCN1CC(C)OC(C)C1.I. The molecule has 2 N–H and O–H groups in total. The first kappa shape index (κ1) is 27.1. The lowest BCUT2D eigenvalue weighted by atomic mass is 10.1. The van der Waals surface area contributed by atoms with Gasteiger partial charge in [0.1, 0.15) is 11.9 Å². The van der Waals surface area contributed by atoms with Gasteiger partial charge in [0.15, 0.2) is 5.96 Å². The van der Waals surface area contributed by atoms with E-state index in [2.05, 4.69) is 61.4 Å². The number of rotatable bonds is 9. The van der Waals surface area contributed by atoms with E-state index in [1.165, 1.54) is 5.56 Å². The summed E-state index contributed by atoms with van der Waals surface area (Å²) in [5.41, 5.74) is 2.30. The number of aryl methyl sites for hydroxylation is 1. The molecule has 0 aliphatic carbocycles. The van der Waals surface area contributed by atoms with Gasteiger partial charge in [0, 0.05) is 44.7 Å². The third-order valence-electron chi connectivity index (χ3n) is 5.59. The number of benzene rings is 1. The minimum absolute atomic E-state index is 0. The molecule has 0 radical (unpaired) electrons. The summed E-state index contributed by atoms with van der Waals surface area (Å²) in [5.74, 6) is 1.77. The molecule has 3 unspecified atom stereocenters. The summed E-state index contributed by atoms with van der Waals surface area (Å²) >= 11 is 0. The van der Waals surface area contributed by atoms with Crippen LogP contribution in [-0.4, -0.2) is 75.1 Å². The molecule has 2 aliphatic rings. The maximum atomic E-state index is 6.21. The smallest absolute Gasteiger partial charge is 0.191 e. The van der Waals surface area contributed by atoms with Crippen LogP contribution in [0.2, 0.25) is 0 Å². The maximum absolute atomic E-state index is 6.21. The fourth-order valence-electron chi connectivity index (χ4n) is 4.17. The highest BCUT2D eigenvalue weighted by Gasteiger charge is 2.21. The number of ether oxygens (including phenoxy) is 3. The lowest BCUT2D eigenvalue weighted by Crippen LogP contribution is -2.46. The largest absolute Gasteiger partial charge is 0.488 e. The average Bonchev–Trinajstić information content (AvgIpc) is 3.23. The van der Waals surface area contributed by atoms with Gasteiger partial charge in [0.05, 0.1) is 32.0 Å². The van der Waals surface area contributed by atoms with Crippen molar-refractivity contribution in [2.24, 2.45) is 4.99 Å². The molecule has 8 heteroatoms. The van der Waals surface area contributed by atoms with E-state index < -0.39 is 0 Å². The summed E-state index contributed by atoms with van der Waals surface area (Å²) in [4.78, 5) is 7.30. The highest BCUT2D eigenvalue weighted by molar-refractivity contribution is 14.0. The predicted molar refractivity (Wildman–Crippen MR) is 140 cm³/mol. The highest BCUT2D eigenvalue weighted by Crippen LogP contribution is 2.24. The summed E-state index contributed by atoms with van der Waals surface area (Å²) in [6.07, 6.45) is 2.79. The van der Waals surface area contributed by atoms with Crippen molar-refractivity contribution in [3.05, 3.63) is 29.3 Å². The highest BCUT2D eigenvalue weighted by atomic mass is 127. The molecule has 2 heterocycles. The number of morpholine rings is 1. The molecule has 0 saturated carbocycles. The number of aliphatic imine (C=N–C) groups is 1. The minimum atomic E-state index is 0. The van der Waals surface area contributed by atoms with Crippen molar-refractivity contribution in [1.82, 2.24) is 15.5 Å². The van der Waals surface area contributed by atoms with Gasteiger partial charge in [-0.15, -0.1) is 24.0 Å². The van der Waals surface area contributed by atoms with Crippen LogP contribution in [0.3, 0.4) is 0 Å². The quantitative estimate of drug-likeness (QED) is 0.209. The van der Waals surface area contributed by atoms with Gasteiger partial charge in [-0.25, -0.2) is 4.99 Å². The van der Waals surface area contributed by atoms with Crippen LogP contribution in [0.15, 0.2) is 23.2 Å². The van der Waals surface area contributed by atoms with Gasteiger partial charge >= 0.3 is 0 Å². The standard InChI is InChI=1S/C24H40N4O3.HI/c1-5-25-24(26-10-6-11-28-15-19(3)30-20(4)16-28)27-14-21-8-7-18(2)13-23(21)31-22-9-12-29-17-22;/h7-8,13,19-20,22H,5-6,9-12,14-17H2,1-4H3,(H2,25,26,27);1H. The molecule has 3 atom stereocenters. The molecular weight excluding hydrogens is 519 g/mol. The summed E-state index contributed by atoms with van der Waals surface area (Å²) in [7, 11) is 0. The van der Waals surface area contributed by atoms with Gasteiger partial charge in [-0.1, -0.05) is 12.1 Å². The minimum Gasteiger partial charge on any atom is -0.488 e. The molecule has 182 valence electrons. The Balaban J connectivity index is 0.00000363. The van der Waals surface area contributed by atoms with Crippen LogP contribution in [0, 0.1) is 6.92 Å². The van der Waals surface area contributed by atoms with Gasteiger partial charge in [-0.2, -0.15) is 0 Å². The molecule has 3 rings (SSSR count). The monoisotopic (exact) mass is 560 g/mol. The molecule has 1 aromatic rings. The van der Waals surface area contributed by atoms with E-state index in [1.807, 2.05) is 0 Å². The predicted octanol–water partition coefficient (Wildman–Crippen LogP) is 3.34. The van der Waals surface area contributed by atoms with Crippen LogP contribution in [-0.2, 0) is 16.0 Å². The van der Waals surface area contributed by atoms with Crippen LogP contribution < -0.4 is 15.4 Å². The Morgan fingerprint density at radius 2 is 2.00 bits per heavy atom. The van der Waals surface area contributed by atoms with E-state index in [1.54, 1.807) is 0 Å². The van der Waals surface area contributed by atoms with E-state index in [0.29, 0.717) is 25.4 Å². The van der Waals surface area contributed by atoms with Crippen molar-refractivity contribution >= 4 is 29.9 Å². The summed E-state index contributed by atoms with van der Waals surface area (Å²) < 4.78 is 17.5. The number of nitrogens with zero attached hydrogens (tertiary/aromatic N) is 2. The number of hydrogen-bond acceptors (Lipinski definition) is 5. The van der Waals surface area contributed by atoms with Gasteiger partial charge < -0.3 is 24.8 Å². The van der Waals surface area contributed by atoms with Crippen molar-refractivity contribution in [2.75, 3.05) is 45.9 Å². The first-order valence-corrected chi connectivity index (χ1v) is 11.8. The Morgan fingerprint density at radius 3 is 2.69 bits per heavy atom. The second-order valence-electron chi connectivity index (χ2n) is 8.71. The van der Waals surface area contributed by atoms with Crippen LogP contribution in [0.1, 0.15) is 44.7 Å². The maximum Gasteiger partial charge on any atom is 0.191 e. The zero-order valence-electron chi connectivity index (χ0n) is 20.1. The van der Waals surface area contributed by atoms with Crippen LogP contribution in [0.5, 0.6) is 5.75 Å². The lowest BCUT2D eigenvalue weighted by Gasteiger charge is -2.35. The first-order valence-electron chi connectivity index (χ1n) is 11.8. The lowest BCUT2D eigenvalue weighted by molar-refractivity contribution is -0.0679. The third-order valence-corrected chi connectivity index (χ3v) is 5.59. The van der Waals surface area contributed by atoms with E-state index in [0.717, 1.165) is 69.4 Å². The molecule has 0 aromatic heterocycles. The first-order chi connectivity index (χ1) is 15.0. The third kappa shape index (κ3) is 9.03. The average molecular weight is 561 g/mol. The molecule has 2 fully saturated rings. The number of halogens is 1. The molecule has 0 spiro atoms. The van der Waals surface area contributed by atoms with Gasteiger partial charge in [-0.3, -0.25) is 4.90 Å². The molecule has 32 heavy (non-hydrogen) atoms. The summed E-state index contributed by atoms with van der Waals surface area (Å²) in [6.45, 7) is 15.3. The Bertz CT molecular complexity index is 702. The van der Waals surface area contributed by atoms with Crippen molar-refractivity contribution < 1.29 is 14.2 Å².